The van der Waals surface area contributed by atoms with Gasteiger partial charge >= 0.3 is 0 Å². The van der Waals surface area contributed by atoms with Gasteiger partial charge in [-0.25, -0.2) is 0 Å². The summed E-state index contributed by atoms with van der Waals surface area (Å²) in [7, 11) is 0. The van der Waals surface area contributed by atoms with E-state index in [1.807, 2.05) is 51.1 Å². The molecule has 1 aromatic heterocycles. The van der Waals surface area contributed by atoms with Crippen molar-refractivity contribution >= 4 is 11.6 Å². The topological polar surface area (TPSA) is 44.9 Å². The molecule has 3 heteroatoms. The van der Waals surface area contributed by atoms with Gasteiger partial charge in [0.05, 0.1) is 5.56 Å². The van der Waals surface area contributed by atoms with E-state index in [-0.39, 0.29) is 5.91 Å². The highest BCUT2D eigenvalue weighted by Crippen LogP contribution is 2.14. The van der Waals surface area contributed by atoms with E-state index in [4.69, 9.17) is 0 Å². The van der Waals surface area contributed by atoms with Gasteiger partial charge in [0.1, 0.15) is 0 Å². The van der Waals surface area contributed by atoms with E-state index in [1.165, 1.54) is 0 Å². The summed E-state index contributed by atoms with van der Waals surface area (Å²) < 4.78 is 0. The summed E-state index contributed by atoms with van der Waals surface area (Å²) in [4.78, 5) is 15.2. The van der Waals surface area contributed by atoms with Gasteiger partial charge in [0.15, 0.2) is 0 Å². The highest BCUT2D eigenvalue weighted by Gasteiger charge is 2.11. The number of rotatable bonds is 2. The minimum Gasteiger partial charge on any atom is -0.362 e. The maximum atomic E-state index is 12.0. The van der Waals surface area contributed by atoms with E-state index < -0.39 is 0 Å². The zero-order valence-corrected chi connectivity index (χ0v) is 10.3. The summed E-state index contributed by atoms with van der Waals surface area (Å²) in [6, 6.07) is 9.63. The molecule has 0 atom stereocenters. The van der Waals surface area contributed by atoms with Crippen LogP contribution in [0.2, 0.25) is 0 Å². The molecule has 0 radical (unpaired) electrons. The molecule has 1 heterocycles. The molecule has 88 valence electrons. The van der Waals surface area contributed by atoms with Crippen LogP contribution in [0.3, 0.4) is 0 Å². The zero-order chi connectivity index (χ0) is 12.4. The third kappa shape index (κ3) is 2.56. The third-order valence-electron chi connectivity index (χ3n) is 2.67. The van der Waals surface area contributed by atoms with Gasteiger partial charge in [0.2, 0.25) is 0 Å². The number of aryl methyl sites for hydroxylation is 3. The van der Waals surface area contributed by atoms with Crippen LogP contribution in [0.15, 0.2) is 30.3 Å². The van der Waals surface area contributed by atoms with Gasteiger partial charge in [0.25, 0.3) is 5.91 Å². The number of benzene rings is 1. The van der Waals surface area contributed by atoms with Crippen LogP contribution in [0, 0.1) is 20.8 Å². The molecule has 0 aliphatic rings. The van der Waals surface area contributed by atoms with Gasteiger partial charge in [0, 0.05) is 17.1 Å². The molecule has 0 fully saturated rings. The van der Waals surface area contributed by atoms with Crippen LogP contribution in [0.1, 0.15) is 27.3 Å². The predicted molar refractivity (Wildman–Crippen MR) is 69.4 cm³/mol. The molecule has 1 amide bonds. The molecule has 0 bridgehead atoms. The Morgan fingerprint density at radius 1 is 1.18 bits per heavy atom. The molecule has 2 rings (SSSR count). The van der Waals surface area contributed by atoms with Gasteiger partial charge in [-0.05, 0) is 44.5 Å². The Bertz CT molecular complexity index is 555. The molecule has 3 nitrogen and oxygen atoms in total. The van der Waals surface area contributed by atoms with E-state index in [9.17, 15) is 4.79 Å². The lowest BCUT2D eigenvalue weighted by molar-refractivity contribution is 0.102. The summed E-state index contributed by atoms with van der Waals surface area (Å²) in [5.74, 6) is -0.0718. The number of carbonyl (C=O) groups excluding carboxylic acids is 1. The summed E-state index contributed by atoms with van der Waals surface area (Å²) in [5.41, 5.74) is 4.55. The average molecular weight is 228 g/mol. The fourth-order valence-corrected chi connectivity index (χ4v) is 1.88. The quantitative estimate of drug-likeness (QED) is 0.814. The number of aromatic nitrogens is 1. The number of amides is 1. The molecular formula is C14H16N2O. The Labute approximate surface area is 101 Å². The van der Waals surface area contributed by atoms with Crippen LogP contribution in [-0.4, -0.2) is 10.9 Å². The lowest BCUT2D eigenvalue weighted by Crippen LogP contribution is -2.12. The first kappa shape index (κ1) is 11.5. The first-order chi connectivity index (χ1) is 8.06. The Hall–Kier alpha value is -2.03. The van der Waals surface area contributed by atoms with E-state index in [1.54, 1.807) is 0 Å². The minimum atomic E-state index is -0.0718. The van der Waals surface area contributed by atoms with Crippen LogP contribution in [0.25, 0.3) is 0 Å². The van der Waals surface area contributed by atoms with E-state index in [0.29, 0.717) is 5.56 Å². The zero-order valence-electron chi connectivity index (χ0n) is 10.3. The SMILES string of the molecule is Cc1cccc(NC(=O)c2cc(C)[nH]c2C)c1. The second kappa shape index (κ2) is 4.45. The molecule has 0 aliphatic heterocycles. The van der Waals surface area contributed by atoms with E-state index >= 15 is 0 Å². The van der Waals surface area contributed by atoms with Crippen LogP contribution < -0.4 is 5.32 Å². The van der Waals surface area contributed by atoms with Crippen molar-refractivity contribution in [1.82, 2.24) is 4.98 Å². The highest BCUT2D eigenvalue weighted by molar-refractivity contribution is 6.05. The number of hydrogen-bond acceptors (Lipinski definition) is 1. The van der Waals surface area contributed by atoms with E-state index in [0.717, 1.165) is 22.6 Å². The van der Waals surface area contributed by atoms with Crippen LogP contribution >= 0.6 is 0 Å². The summed E-state index contributed by atoms with van der Waals surface area (Å²) in [6.07, 6.45) is 0. The maximum Gasteiger partial charge on any atom is 0.257 e. The van der Waals surface area contributed by atoms with Gasteiger partial charge in [-0.15, -0.1) is 0 Å². The first-order valence-electron chi connectivity index (χ1n) is 5.60. The second-order valence-electron chi connectivity index (χ2n) is 4.31. The van der Waals surface area contributed by atoms with Gasteiger partial charge < -0.3 is 10.3 Å². The number of hydrogen-bond donors (Lipinski definition) is 2. The molecule has 0 saturated heterocycles. The number of aromatic amines is 1. The van der Waals surface area contributed by atoms with Crippen molar-refractivity contribution in [1.29, 1.82) is 0 Å². The number of carbonyl (C=O) groups is 1. The van der Waals surface area contributed by atoms with Crippen LogP contribution in [0.4, 0.5) is 5.69 Å². The Balaban J connectivity index is 2.20. The van der Waals surface area contributed by atoms with Crippen molar-refractivity contribution in [2.24, 2.45) is 0 Å². The van der Waals surface area contributed by atoms with E-state index in [2.05, 4.69) is 10.3 Å². The lowest BCUT2D eigenvalue weighted by atomic mass is 10.2. The molecule has 0 spiro atoms. The molecule has 0 aliphatic carbocycles. The predicted octanol–water partition coefficient (Wildman–Crippen LogP) is 3.19. The fraction of sp³-hybridized carbons (Fsp3) is 0.214. The number of nitrogens with one attached hydrogen (secondary N) is 2. The van der Waals surface area contributed by atoms with Crippen LogP contribution in [-0.2, 0) is 0 Å². The van der Waals surface area contributed by atoms with Gasteiger partial charge in [-0.1, -0.05) is 12.1 Å². The third-order valence-corrected chi connectivity index (χ3v) is 2.67. The second-order valence-corrected chi connectivity index (χ2v) is 4.31. The first-order valence-corrected chi connectivity index (χ1v) is 5.60. The van der Waals surface area contributed by atoms with Crippen molar-refractivity contribution in [2.45, 2.75) is 20.8 Å². The molecular weight excluding hydrogens is 212 g/mol. The van der Waals surface area contributed by atoms with Crippen molar-refractivity contribution in [3.63, 3.8) is 0 Å². The molecule has 17 heavy (non-hydrogen) atoms. The summed E-state index contributed by atoms with van der Waals surface area (Å²) in [6.45, 7) is 5.84. The molecule has 0 unspecified atom stereocenters. The van der Waals surface area contributed by atoms with Gasteiger partial charge in [-0.2, -0.15) is 0 Å². The van der Waals surface area contributed by atoms with Gasteiger partial charge in [-0.3, -0.25) is 4.79 Å². The van der Waals surface area contributed by atoms with Crippen molar-refractivity contribution < 1.29 is 4.79 Å². The Morgan fingerprint density at radius 2 is 1.94 bits per heavy atom. The maximum absolute atomic E-state index is 12.0. The van der Waals surface area contributed by atoms with Crippen molar-refractivity contribution in [3.8, 4) is 0 Å². The lowest BCUT2D eigenvalue weighted by Gasteiger charge is -2.05. The summed E-state index contributed by atoms with van der Waals surface area (Å²) in [5, 5.41) is 2.89. The smallest absolute Gasteiger partial charge is 0.257 e. The molecule has 0 saturated carbocycles. The largest absolute Gasteiger partial charge is 0.362 e. The normalized spacial score (nSPS) is 10.3. The van der Waals surface area contributed by atoms with Crippen LogP contribution in [0.5, 0.6) is 0 Å². The molecule has 1 aromatic carbocycles. The standard InChI is InChI=1S/C14H16N2O/c1-9-5-4-6-12(7-9)16-14(17)13-8-10(2)15-11(13)3/h4-8,15H,1-3H3,(H,16,17). The molecule has 2 N–H and O–H groups in total. The average Bonchev–Trinajstić information content (AvgIpc) is 2.58. The fourth-order valence-electron chi connectivity index (χ4n) is 1.88. The van der Waals surface area contributed by atoms with Crippen molar-refractivity contribution in [3.05, 3.63) is 52.8 Å². The number of H-pyrrole nitrogens is 1. The number of anilines is 1. The monoisotopic (exact) mass is 228 g/mol. The Morgan fingerprint density at radius 3 is 2.53 bits per heavy atom. The Kier molecular flexibility index (Phi) is 3.00. The minimum absolute atomic E-state index is 0.0718. The molecule has 2 aromatic rings. The highest BCUT2D eigenvalue weighted by atomic mass is 16.1. The summed E-state index contributed by atoms with van der Waals surface area (Å²) >= 11 is 0. The van der Waals surface area contributed by atoms with Crippen molar-refractivity contribution in [2.75, 3.05) is 5.32 Å².